The van der Waals surface area contributed by atoms with Gasteiger partial charge in [-0.3, -0.25) is 4.72 Å². The van der Waals surface area contributed by atoms with Crippen LogP contribution in [0.5, 0.6) is 0 Å². The minimum absolute atomic E-state index is 0.0779. The average molecular weight is 309 g/mol. The van der Waals surface area contributed by atoms with Crippen molar-refractivity contribution < 1.29 is 13.2 Å². The Kier molecular flexibility index (Phi) is 4.57. The number of halogens is 1. The second-order valence-corrected chi connectivity index (χ2v) is 5.85. The molecule has 0 aliphatic rings. The highest BCUT2D eigenvalue weighted by atomic mass is 79.9. The lowest BCUT2D eigenvalue weighted by atomic mass is 10.3. The third kappa shape index (κ3) is 3.99. The predicted molar refractivity (Wildman–Crippen MR) is 67.8 cm³/mol. The maximum atomic E-state index is 11.5. The maximum absolute atomic E-state index is 11.5. The van der Waals surface area contributed by atoms with Crippen LogP contribution in [-0.4, -0.2) is 27.9 Å². The number of nitrogens with two attached hydrogens (primary N) is 1. The second-order valence-electron chi connectivity index (χ2n) is 3.15. The van der Waals surface area contributed by atoms with Gasteiger partial charge in [-0.25, -0.2) is 8.42 Å². The molecule has 1 rings (SSSR count). The molecule has 0 spiro atoms. The van der Waals surface area contributed by atoms with Gasteiger partial charge < -0.3 is 10.5 Å². The molecule has 0 fully saturated rings. The van der Waals surface area contributed by atoms with Gasteiger partial charge >= 0.3 is 0 Å². The van der Waals surface area contributed by atoms with Gasteiger partial charge in [-0.2, -0.15) is 0 Å². The van der Waals surface area contributed by atoms with Crippen molar-refractivity contribution in [3.63, 3.8) is 0 Å². The Labute approximate surface area is 103 Å². The van der Waals surface area contributed by atoms with E-state index in [0.717, 1.165) is 0 Å². The zero-order valence-electron chi connectivity index (χ0n) is 8.73. The van der Waals surface area contributed by atoms with Crippen molar-refractivity contribution in [1.82, 2.24) is 0 Å². The van der Waals surface area contributed by atoms with E-state index in [-0.39, 0.29) is 12.4 Å². The molecule has 3 N–H and O–H groups in total. The van der Waals surface area contributed by atoms with Crippen LogP contribution in [0.2, 0.25) is 0 Å². The molecular weight excluding hydrogens is 296 g/mol. The summed E-state index contributed by atoms with van der Waals surface area (Å²) >= 11 is 3.22. The summed E-state index contributed by atoms with van der Waals surface area (Å²) in [4.78, 5) is 0. The van der Waals surface area contributed by atoms with Gasteiger partial charge in [0.05, 0.1) is 12.4 Å². The number of rotatable bonds is 5. The molecule has 0 aromatic heterocycles. The first-order chi connectivity index (χ1) is 7.44. The SMILES string of the molecule is COCCS(=O)(=O)Nc1ccc(N)c(Br)c1. The van der Waals surface area contributed by atoms with Crippen LogP contribution in [-0.2, 0) is 14.8 Å². The molecule has 1 aromatic carbocycles. The van der Waals surface area contributed by atoms with Gasteiger partial charge in [-0.1, -0.05) is 0 Å². The molecule has 0 saturated heterocycles. The molecule has 0 aliphatic carbocycles. The number of benzene rings is 1. The van der Waals surface area contributed by atoms with Crippen LogP contribution in [0.25, 0.3) is 0 Å². The van der Waals surface area contributed by atoms with Crippen LogP contribution >= 0.6 is 15.9 Å². The molecule has 0 atom stereocenters. The molecule has 7 heteroatoms. The van der Waals surface area contributed by atoms with Crippen LogP contribution in [0.3, 0.4) is 0 Å². The van der Waals surface area contributed by atoms with Gasteiger partial charge in [0.25, 0.3) is 0 Å². The molecular formula is C9H13BrN2O3S. The summed E-state index contributed by atoms with van der Waals surface area (Å²) in [5, 5.41) is 0. The Bertz CT molecular complexity index is 462. The minimum atomic E-state index is -3.36. The lowest BCUT2D eigenvalue weighted by molar-refractivity contribution is 0.217. The Morgan fingerprint density at radius 2 is 2.19 bits per heavy atom. The third-order valence-electron chi connectivity index (χ3n) is 1.83. The largest absolute Gasteiger partial charge is 0.398 e. The number of hydrogen-bond acceptors (Lipinski definition) is 4. The molecule has 0 bridgehead atoms. The van der Waals surface area contributed by atoms with Crippen molar-refractivity contribution in [2.24, 2.45) is 0 Å². The summed E-state index contributed by atoms with van der Waals surface area (Å²) in [5.74, 6) is -0.0779. The van der Waals surface area contributed by atoms with Crippen LogP contribution in [0.1, 0.15) is 0 Å². The van der Waals surface area contributed by atoms with Crippen molar-refractivity contribution in [2.45, 2.75) is 0 Å². The standard InChI is InChI=1S/C9H13BrN2O3S/c1-15-4-5-16(13,14)12-7-2-3-9(11)8(10)6-7/h2-3,6,12H,4-5,11H2,1H3. The van der Waals surface area contributed by atoms with Gasteiger partial charge in [0.2, 0.25) is 10.0 Å². The van der Waals surface area contributed by atoms with E-state index in [4.69, 9.17) is 10.5 Å². The summed E-state index contributed by atoms with van der Waals surface area (Å²) in [5.41, 5.74) is 6.61. The fraction of sp³-hybridized carbons (Fsp3) is 0.333. The summed E-state index contributed by atoms with van der Waals surface area (Å²) in [6.07, 6.45) is 0. The summed E-state index contributed by atoms with van der Waals surface area (Å²) in [6.45, 7) is 0.158. The molecule has 1 aromatic rings. The normalized spacial score (nSPS) is 11.4. The monoisotopic (exact) mass is 308 g/mol. The Hall–Kier alpha value is -0.790. The number of ether oxygens (including phenoxy) is 1. The fourth-order valence-corrected chi connectivity index (χ4v) is 2.37. The molecule has 0 unspecified atom stereocenters. The quantitative estimate of drug-likeness (QED) is 0.806. The van der Waals surface area contributed by atoms with Gasteiger partial charge in [0.1, 0.15) is 0 Å². The lowest BCUT2D eigenvalue weighted by Gasteiger charge is -2.08. The van der Waals surface area contributed by atoms with E-state index < -0.39 is 10.0 Å². The van der Waals surface area contributed by atoms with Crippen LogP contribution in [0.15, 0.2) is 22.7 Å². The topological polar surface area (TPSA) is 81.4 Å². The van der Waals surface area contributed by atoms with E-state index in [2.05, 4.69) is 20.7 Å². The highest BCUT2D eigenvalue weighted by Crippen LogP contribution is 2.23. The highest BCUT2D eigenvalue weighted by molar-refractivity contribution is 9.10. The van der Waals surface area contributed by atoms with Crippen molar-refractivity contribution in [2.75, 3.05) is 29.9 Å². The first-order valence-electron chi connectivity index (χ1n) is 4.49. The summed E-state index contributed by atoms with van der Waals surface area (Å²) < 4.78 is 30.8. The van der Waals surface area contributed by atoms with E-state index in [1.807, 2.05) is 0 Å². The molecule has 0 aliphatic heterocycles. The van der Waals surface area contributed by atoms with Crippen molar-refractivity contribution >= 4 is 37.3 Å². The van der Waals surface area contributed by atoms with Gasteiger partial charge in [0.15, 0.2) is 0 Å². The Balaban J connectivity index is 2.76. The zero-order chi connectivity index (χ0) is 12.2. The average Bonchev–Trinajstić information content (AvgIpc) is 2.20. The molecule has 0 saturated carbocycles. The van der Waals surface area contributed by atoms with Crippen molar-refractivity contribution in [3.8, 4) is 0 Å². The Morgan fingerprint density at radius 3 is 2.75 bits per heavy atom. The van der Waals surface area contributed by atoms with E-state index in [9.17, 15) is 8.42 Å². The number of methoxy groups -OCH3 is 1. The first-order valence-corrected chi connectivity index (χ1v) is 6.93. The van der Waals surface area contributed by atoms with Gasteiger partial charge in [-0.15, -0.1) is 0 Å². The smallest absolute Gasteiger partial charge is 0.234 e. The lowest BCUT2D eigenvalue weighted by Crippen LogP contribution is -2.19. The number of anilines is 2. The van der Waals surface area contributed by atoms with E-state index in [1.54, 1.807) is 18.2 Å². The molecule has 0 heterocycles. The Morgan fingerprint density at radius 1 is 1.50 bits per heavy atom. The van der Waals surface area contributed by atoms with Crippen LogP contribution in [0.4, 0.5) is 11.4 Å². The summed E-state index contributed by atoms with van der Waals surface area (Å²) in [6, 6.07) is 4.84. The number of nitrogens with one attached hydrogen (secondary N) is 1. The molecule has 0 radical (unpaired) electrons. The van der Waals surface area contributed by atoms with Gasteiger partial charge in [-0.05, 0) is 34.1 Å². The molecule has 90 valence electrons. The first kappa shape index (κ1) is 13.3. The zero-order valence-corrected chi connectivity index (χ0v) is 11.1. The number of nitrogen functional groups attached to an aromatic ring is 1. The third-order valence-corrected chi connectivity index (χ3v) is 3.77. The molecule has 0 amide bonds. The van der Waals surface area contributed by atoms with Crippen molar-refractivity contribution in [3.05, 3.63) is 22.7 Å². The van der Waals surface area contributed by atoms with E-state index in [1.165, 1.54) is 7.11 Å². The second kappa shape index (κ2) is 5.51. The molecule has 16 heavy (non-hydrogen) atoms. The van der Waals surface area contributed by atoms with Crippen LogP contribution in [0, 0.1) is 0 Å². The fourth-order valence-electron chi connectivity index (χ4n) is 1.01. The maximum Gasteiger partial charge on any atom is 0.234 e. The van der Waals surface area contributed by atoms with E-state index >= 15 is 0 Å². The van der Waals surface area contributed by atoms with Gasteiger partial charge in [0, 0.05) is 23.0 Å². The predicted octanol–water partition coefficient (Wildman–Crippen LogP) is 1.42. The van der Waals surface area contributed by atoms with E-state index in [0.29, 0.717) is 15.8 Å². The van der Waals surface area contributed by atoms with Crippen molar-refractivity contribution in [1.29, 1.82) is 0 Å². The van der Waals surface area contributed by atoms with Crippen LogP contribution < -0.4 is 10.5 Å². The molecule has 5 nitrogen and oxygen atoms in total. The number of sulfonamides is 1. The summed E-state index contributed by atoms with van der Waals surface area (Å²) in [7, 11) is -1.91. The number of hydrogen-bond donors (Lipinski definition) is 2. The highest BCUT2D eigenvalue weighted by Gasteiger charge is 2.10. The minimum Gasteiger partial charge on any atom is -0.398 e.